The van der Waals surface area contributed by atoms with Crippen LogP contribution in [0.1, 0.15) is 5.69 Å². The van der Waals surface area contributed by atoms with Gasteiger partial charge in [0.05, 0.1) is 12.8 Å². The van der Waals surface area contributed by atoms with Crippen LogP contribution in [0, 0.1) is 0 Å². The summed E-state index contributed by atoms with van der Waals surface area (Å²) in [5.74, 6) is 0. The number of aromatic nitrogens is 2. The van der Waals surface area contributed by atoms with Crippen LogP contribution in [0.15, 0.2) is 10.8 Å². The standard InChI is InChI=1S/C3H4N2O2/c6-2-3-1-4-7-5-3/h1,6H,2H2. The van der Waals surface area contributed by atoms with E-state index in [1.165, 1.54) is 6.20 Å². The van der Waals surface area contributed by atoms with Crippen molar-refractivity contribution in [3.63, 3.8) is 0 Å². The summed E-state index contributed by atoms with van der Waals surface area (Å²) < 4.78 is 4.15. The maximum atomic E-state index is 8.26. The van der Waals surface area contributed by atoms with Crippen molar-refractivity contribution in [2.45, 2.75) is 6.61 Å². The minimum Gasteiger partial charge on any atom is -0.390 e. The van der Waals surface area contributed by atoms with E-state index in [-0.39, 0.29) is 6.61 Å². The van der Waals surface area contributed by atoms with Gasteiger partial charge in [-0.15, -0.1) is 0 Å². The van der Waals surface area contributed by atoms with Crippen LogP contribution < -0.4 is 0 Å². The molecule has 0 bridgehead atoms. The first-order valence-corrected chi connectivity index (χ1v) is 1.81. The SMILES string of the molecule is OCc1cnon1. The van der Waals surface area contributed by atoms with Crippen LogP contribution in [0.5, 0.6) is 0 Å². The third kappa shape index (κ3) is 0.747. The van der Waals surface area contributed by atoms with Crippen molar-refractivity contribution in [3.8, 4) is 0 Å². The summed E-state index contributed by atoms with van der Waals surface area (Å²) in [6, 6.07) is 0. The van der Waals surface area contributed by atoms with Crippen LogP contribution in [0.3, 0.4) is 0 Å². The summed E-state index contributed by atoms with van der Waals surface area (Å²) in [7, 11) is 0. The van der Waals surface area contributed by atoms with Gasteiger partial charge in [0.1, 0.15) is 5.69 Å². The molecule has 0 aliphatic carbocycles. The van der Waals surface area contributed by atoms with Crippen molar-refractivity contribution >= 4 is 0 Å². The largest absolute Gasteiger partial charge is 0.390 e. The van der Waals surface area contributed by atoms with E-state index in [0.717, 1.165) is 0 Å². The Morgan fingerprint density at radius 2 is 2.71 bits per heavy atom. The minimum atomic E-state index is -0.108. The highest BCUT2D eigenvalue weighted by atomic mass is 16.6. The Hall–Kier alpha value is -0.900. The van der Waals surface area contributed by atoms with E-state index in [1.54, 1.807) is 0 Å². The molecule has 7 heavy (non-hydrogen) atoms. The zero-order chi connectivity index (χ0) is 5.11. The molecular formula is C3H4N2O2. The molecule has 0 unspecified atom stereocenters. The van der Waals surface area contributed by atoms with Crippen molar-refractivity contribution in [1.29, 1.82) is 0 Å². The maximum Gasteiger partial charge on any atom is 0.130 e. The first-order chi connectivity index (χ1) is 3.43. The van der Waals surface area contributed by atoms with Gasteiger partial charge in [0.15, 0.2) is 0 Å². The highest BCUT2D eigenvalue weighted by Crippen LogP contribution is 1.86. The lowest BCUT2D eigenvalue weighted by Gasteiger charge is -1.72. The smallest absolute Gasteiger partial charge is 0.130 e. The Labute approximate surface area is 39.7 Å². The van der Waals surface area contributed by atoms with Gasteiger partial charge < -0.3 is 5.11 Å². The van der Waals surface area contributed by atoms with Crippen molar-refractivity contribution in [2.24, 2.45) is 0 Å². The average molecular weight is 100 g/mol. The molecule has 4 heteroatoms. The summed E-state index contributed by atoms with van der Waals surface area (Å²) in [4.78, 5) is 0. The van der Waals surface area contributed by atoms with Crippen LogP contribution in [0.4, 0.5) is 0 Å². The number of nitrogens with zero attached hydrogens (tertiary/aromatic N) is 2. The lowest BCUT2D eigenvalue weighted by molar-refractivity contribution is 0.254. The third-order valence-corrected chi connectivity index (χ3v) is 0.569. The second-order valence-corrected chi connectivity index (χ2v) is 1.06. The predicted octanol–water partition coefficient (Wildman–Crippen LogP) is -0.438. The van der Waals surface area contributed by atoms with Crippen molar-refractivity contribution in [1.82, 2.24) is 10.3 Å². The molecule has 0 saturated carbocycles. The van der Waals surface area contributed by atoms with Crippen molar-refractivity contribution < 1.29 is 9.74 Å². The Balaban J connectivity index is 2.76. The third-order valence-electron chi connectivity index (χ3n) is 0.569. The molecule has 4 nitrogen and oxygen atoms in total. The van der Waals surface area contributed by atoms with Gasteiger partial charge in [-0.25, -0.2) is 4.63 Å². The summed E-state index contributed by atoms with van der Waals surface area (Å²) in [6.07, 6.45) is 1.36. The second kappa shape index (κ2) is 1.70. The van der Waals surface area contributed by atoms with Gasteiger partial charge in [-0.05, 0) is 0 Å². The van der Waals surface area contributed by atoms with Crippen LogP contribution in [-0.4, -0.2) is 15.4 Å². The fraction of sp³-hybridized carbons (Fsp3) is 0.333. The molecule has 1 aromatic heterocycles. The molecule has 0 radical (unpaired) electrons. The van der Waals surface area contributed by atoms with Crippen LogP contribution in [0.2, 0.25) is 0 Å². The zero-order valence-electron chi connectivity index (χ0n) is 3.53. The van der Waals surface area contributed by atoms with Gasteiger partial charge in [-0.1, -0.05) is 10.3 Å². The van der Waals surface area contributed by atoms with Gasteiger partial charge in [0.2, 0.25) is 0 Å². The van der Waals surface area contributed by atoms with E-state index < -0.39 is 0 Å². The molecule has 0 aromatic carbocycles. The number of rotatable bonds is 1. The van der Waals surface area contributed by atoms with Crippen LogP contribution in [-0.2, 0) is 6.61 Å². The molecule has 38 valence electrons. The molecule has 0 atom stereocenters. The Kier molecular flexibility index (Phi) is 1.04. The van der Waals surface area contributed by atoms with Gasteiger partial charge in [0, 0.05) is 0 Å². The topological polar surface area (TPSA) is 59.2 Å². The first-order valence-electron chi connectivity index (χ1n) is 1.81. The maximum absolute atomic E-state index is 8.26. The molecule has 0 fully saturated rings. The van der Waals surface area contributed by atoms with E-state index >= 15 is 0 Å². The van der Waals surface area contributed by atoms with Gasteiger partial charge >= 0.3 is 0 Å². The van der Waals surface area contributed by atoms with Crippen molar-refractivity contribution in [3.05, 3.63) is 11.9 Å². The average Bonchev–Trinajstić information content (AvgIpc) is 2.14. The molecule has 0 amide bonds. The lowest BCUT2D eigenvalue weighted by atomic mass is 10.5. The van der Waals surface area contributed by atoms with E-state index in [2.05, 4.69) is 14.9 Å². The Morgan fingerprint density at radius 3 is 3.00 bits per heavy atom. The quantitative estimate of drug-likeness (QED) is 0.519. The highest BCUT2D eigenvalue weighted by Gasteiger charge is 1.89. The monoisotopic (exact) mass is 100 g/mol. The Bertz CT molecular complexity index is 125. The molecule has 0 saturated heterocycles. The Morgan fingerprint density at radius 1 is 1.86 bits per heavy atom. The van der Waals surface area contributed by atoms with Crippen LogP contribution >= 0.6 is 0 Å². The van der Waals surface area contributed by atoms with Crippen LogP contribution in [0.25, 0.3) is 0 Å². The lowest BCUT2D eigenvalue weighted by Crippen LogP contribution is -1.77. The van der Waals surface area contributed by atoms with E-state index in [9.17, 15) is 0 Å². The fourth-order valence-electron chi connectivity index (χ4n) is 0.254. The zero-order valence-corrected chi connectivity index (χ0v) is 3.53. The summed E-state index contributed by atoms with van der Waals surface area (Å²) in [5, 5.41) is 14.8. The van der Waals surface area contributed by atoms with Gasteiger partial charge in [-0.3, -0.25) is 0 Å². The predicted molar refractivity (Wildman–Crippen MR) is 20.2 cm³/mol. The number of aliphatic hydroxyl groups excluding tert-OH is 1. The van der Waals surface area contributed by atoms with Crippen molar-refractivity contribution in [2.75, 3.05) is 0 Å². The van der Waals surface area contributed by atoms with E-state index in [4.69, 9.17) is 5.11 Å². The number of hydrogen-bond donors (Lipinski definition) is 1. The molecule has 0 aliphatic heterocycles. The molecular weight excluding hydrogens is 96.0 g/mol. The summed E-state index contributed by atoms with van der Waals surface area (Å²) >= 11 is 0. The molecule has 1 N–H and O–H groups in total. The fourth-order valence-corrected chi connectivity index (χ4v) is 0.254. The number of aliphatic hydroxyl groups is 1. The van der Waals surface area contributed by atoms with E-state index in [1.807, 2.05) is 0 Å². The second-order valence-electron chi connectivity index (χ2n) is 1.06. The minimum absolute atomic E-state index is 0.108. The van der Waals surface area contributed by atoms with Gasteiger partial charge in [-0.2, -0.15) is 0 Å². The molecule has 0 spiro atoms. The summed E-state index contributed by atoms with van der Waals surface area (Å²) in [5.41, 5.74) is 0.458. The molecule has 1 aromatic rings. The van der Waals surface area contributed by atoms with Gasteiger partial charge in [0.25, 0.3) is 0 Å². The normalized spacial score (nSPS) is 9.29. The molecule has 1 heterocycles. The highest BCUT2D eigenvalue weighted by molar-refractivity contribution is 4.84. The number of hydrogen-bond acceptors (Lipinski definition) is 4. The van der Waals surface area contributed by atoms with E-state index in [0.29, 0.717) is 5.69 Å². The summed E-state index contributed by atoms with van der Waals surface area (Å²) in [6.45, 7) is -0.108. The molecule has 1 rings (SSSR count). The molecule has 0 aliphatic rings. The first kappa shape index (κ1) is 4.26.